The highest BCUT2D eigenvalue weighted by molar-refractivity contribution is 7.89. The number of Topliss-reactive ketones (excluding diaryl/α,β-unsaturated/α-hetero) is 1. The van der Waals surface area contributed by atoms with E-state index < -0.39 is 33.0 Å². The van der Waals surface area contributed by atoms with Crippen molar-refractivity contribution < 1.29 is 32.5 Å². The van der Waals surface area contributed by atoms with Crippen LogP contribution in [-0.2, 0) is 25.2 Å². The molecule has 9 heteroatoms. The second-order valence-electron chi connectivity index (χ2n) is 6.13. The molecule has 3 rings (SSSR count). The third kappa shape index (κ3) is 3.24. The molecule has 148 valence electrons. The monoisotopic (exact) mass is 405 g/mol. The molecule has 0 aromatic heterocycles. The van der Waals surface area contributed by atoms with Crippen molar-refractivity contribution in [1.82, 2.24) is 4.72 Å². The van der Waals surface area contributed by atoms with E-state index in [1.54, 1.807) is 36.4 Å². The van der Waals surface area contributed by atoms with Crippen LogP contribution in [0.5, 0.6) is 11.5 Å². The van der Waals surface area contributed by atoms with Gasteiger partial charge in [-0.2, -0.15) is 0 Å². The van der Waals surface area contributed by atoms with Crippen LogP contribution in [0.25, 0.3) is 0 Å². The van der Waals surface area contributed by atoms with Crippen LogP contribution in [0.1, 0.15) is 12.5 Å². The van der Waals surface area contributed by atoms with Crippen molar-refractivity contribution >= 4 is 15.8 Å². The molecule has 0 fully saturated rings. The molecule has 1 aliphatic heterocycles. The second-order valence-corrected chi connectivity index (χ2v) is 7.81. The largest absolute Gasteiger partial charge is 0.501 e. The minimum atomic E-state index is -4.06. The Balaban J connectivity index is 1.96. The van der Waals surface area contributed by atoms with E-state index in [0.29, 0.717) is 11.3 Å². The van der Waals surface area contributed by atoms with Gasteiger partial charge >= 0.3 is 0 Å². The van der Waals surface area contributed by atoms with Crippen LogP contribution < -0.4 is 14.2 Å². The van der Waals surface area contributed by atoms with E-state index in [0.717, 1.165) is 0 Å². The smallest absolute Gasteiger partial charge is 0.264 e. The summed E-state index contributed by atoms with van der Waals surface area (Å²) >= 11 is 0. The fourth-order valence-electron chi connectivity index (χ4n) is 2.85. The molecular weight excluding hydrogens is 386 g/mol. The van der Waals surface area contributed by atoms with Crippen molar-refractivity contribution in [2.24, 2.45) is 0 Å². The molecule has 28 heavy (non-hydrogen) atoms. The Morgan fingerprint density at radius 3 is 2.36 bits per heavy atom. The molecule has 0 bridgehead atoms. The molecule has 0 amide bonds. The fraction of sp³-hybridized carbons (Fsp3) is 0.211. The van der Waals surface area contributed by atoms with Gasteiger partial charge in [0.1, 0.15) is 11.5 Å². The molecule has 0 radical (unpaired) electrons. The minimum Gasteiger partial charge on any atom is -0.501 e. The van der Waals surface area contributed by atoms with E-state index in [1.807, 2.05) is 0 Å². The lowest BCUT2D eigenvalue weighted by Gasteiger charge is -2.25. The average Bonchev–Trinajstić information content (AvgIpc) is 2.92. The number of aliphatic hydroxyl groups is 1. The van der Waals surface area contributed by atoms with Crippen LogP contribution in [0.2, 0.25) is 0 Å². The summed E-state index contributed by atoms with van der Waals surface area (Å²) in [5, 5.41) is 10.2. The first-order chi connectivity index (χ1) is 13.2. The van der Waals surface area contributed by atoms with Gasteiger partial charge in [0.05, 0.1) is 19.1 Å². The molecule has 0 spiro atoms. The number of rotatable bonds is 6. The Bertz CT molecular complexity index is 1050. The quantitative estimate of drug-likeness (QED) is 0.758. The van der Waals surface area contributed by atoms with Crippen LogP contribution in [0.15, 0.2) is 65.1 Å². The van der Waals surface area contributed by atoms with Gasteiger partial charge in [0.15, 0.2) is 0 Å². The van der Waals surface area contributed by atoms with E-state index in [1.165, 1.54) is 33.3 Å². The third-order valence-electron chi connectivity index (χ3n) is 4.37. The molecule has 0 saturated heterocycles. The van der Waals surface area contributed by atoms with E-state index in [9.17, 15) is 18.3 Å². The predicted molar refractivity (Wildman–Crippen MR) is 99.4 cm³/mol. The molecule has 8 nitrogen and oxygen atoms in total. The third-order valence-corrected chi connectivity index (χ3v) is 5.72. The second kappa shape index (κ2) is 7.08. The van der Waals surface area contributed by atoms with Crippen molar-refractivity contribution in [3.8, 4) is 11.5 Å². The Morgan fingerprint density at radius 1 is 1.07 bits per heavy atom. The van der Waals surface area contributed by atoms with E-state index in [2.05, 4.69) is 4.72 Å². The first kappa shape index (κ1) is 19.6. The molecule has 2 N–H and O–H groups in total. The summed E-state index contributed by atoms with van der Waals surface area (Å²) in [6.45, 7) is 1.42. The van der Waals surface area contributed by atoms with Gasteiger partial charge in [-0.3, -0.25) is 4.79 Å². The fourth-order valence-corrected chi connectivity index (χ4v) is 3.86. The highest BCUT2D eigenvalue weighted by Gasteiger charge is 2.50. The molecular formula is C19H19NO7S. The van der Waals surface area contributed by atoms with E-state index >= 15 is 0 Å². The molecule has 1 aliphatic rings. The lowest BCUT2D eigenvalue weighted by molar-refractivity contribution is -0.131. The maximum Gasteiger partial charge on any atom is 0.264 e. The number of nitrogens with one attached hydrogen (secondary N) is 1. The van der Waals surface area contributed by atoms with Crippen LogP contribution in [0.3, 0.4) is 0 Å². The number of carbonyl (C=O) groups is 1. The van der Waals surface area contributed by atoms with Crippen molar-refractivity contribution in [3.63, 3.8) is 0 Å². The van der Waals surface area contributed by atoms with Gasteiger partial charge in [0, 0.05) is 11.6 Å². The Morgan fingerprint density at radius 2 is 1.75 bits per heavy atom. The van der Waals surface area contributed by atoms with Crippen LogP contribution >= 0.6 is 0 Å². The summed E-state index contributed by atoms with van der Waals surface area (Å²) in [5.74, 6) is -1.39. The average molecular weight is 405 g/mol. The standard InChI is InChI=1S/C19H19NO7S/c1-19(14-10-9-12(25-2)11-15(14)26-3)17(22)16(21)18(27-19)20-28(23,24)13-7-5-4-6-8-13/h4-11,20-21H,1-3H3. The summed E-state index contributed by atoms with van der Waals surface area (Å²) in [7, 11) is -1.16. The van der Waals surface area contributed by atoms with Crippen molar-refractivity contribution in [1.29, 1.82) is 0 Å². The van der Waals surface area contributed by atoms with Gasteiger partial charge in [-0.1, -0.05) is 18.2 Å². The Hall–Kier alpha value is -3.20. The molecule has 2 aromatic carbocycles. The van der Waals surface area contributed by atoms with Gasteiger partial charge in [-0.05, 0) is 31.2 Å². The van der Waals surface area contributed by atoms with Gasteiger partial charge in [-0.15, -0.1) is 0 Å². The topological polar surface area (TPSA) is 111 Å². The number of methoxy groups -OCH3 is 2. The van der Waals surface area contributed by atoms with Crippen LogP contribution in [-0.4, -0.2) is 33.5 Å². The normalized spacial score (nSPS) is 19.3. The summed E-state index contributed by atoms with van der Waals surface area (Å²) < 4.78 is 43.2. The van der Waals surface area contributed by atoms with Crippen molar-refractivity contribution in [2.45, 2.75) is 17.4 Å². The number of benzene rings is 2. The summed E-state index contributed by atoms with van der Waals surface area (Å²) in [4.78, 5) is 12.7. The zero-order valence-corrected chi connectivity index (χ0v) is 16.2. The number of aliphatic hydroxyl groups excluding tert-OH is 1. The maximum atomic E-state index is 12.7. The number of sulfonamides is 1. The molecule has 0 saturated carbocycles. The summed E-state index contributed by atoms with van der Waals surface area (Å²) in [5.41, 5.74) is -1.38. The van der Waals surface area contributed by atoms with E-state index in [-0.39, 0.29) is 10.6 Å². The van der Waals surface area contributed by atoms with Gasteiger partial charge in [0.2, 0.25) is 17.2 Å². The van der Waals surface area contributed by atoms with Crippen LogP contribution in [0, 0.1) is 0 Å². The first-order valence-corrected chi connectivity index (χ1v) is 9.68. The number of ether oxygens (including phenoxy) is 3. The number of hydrogen-bond donors (Lipinski definition) is 2. The van der Waals surface area contributed by atoms with Gasteiger partial charge in [0.25, 0.3) is 15.8 Å². The van der Waals surface area contributed by atoms with Gasteiger partial charge in [-0.25, -0.2) is 13.1 Å². The zero-order chi connectivity index (χ0) is 20.5. The van der Waals surface area contributed by atoms with E-state index in [4.69, 9.17) is 14.2 Å². The molecule has 1 atom stereocenters. The first-order valence-electron chi connectivity index (χ1n) is 8.20. The lowest BCUT2D eigenvalue weighted by atomic mass is 9.90. The van der Waals surface area contributed by atoms with Gasteiger partial charge < -0.3 is 19.3 Å². The molecule has 0 aliphatic carbocycles. The highest BCUT2D eigenvalue weighted by atomic mass is 32.2. The molecule has 1 heterocycles. The molecule has 2 aromatic rings. The number of carbonyl (C=O) groups excluding carboxylic acids is 1. The minimum absolute atomic E-state index is 0.0398. The molecule has 1 unspecified atom stereocenters. The maximum absolute atomic E-state index is 12.7. The highest BCUT2D eigenvalue weighted by Crippen LogP contribution is 2.42. The predicted octanol–water partition coefficient (Wildman–Crippen LogP) is 2.22. The summed E-state index contributed by atoms with van der Waals surface area (Å²) in [6.07, 6.45) is 0. The Labute approximate surface area is 162 Å². The van der Waals surface area contributed by atoms with Crippen molar-refractivity contribution in [3.05, 3.63) is 65.7 Å². The van der Waals surface area contributed by atoms with Crippen molar-refractivity contribution in [2.75, 3.05) is 14.2 Å². The number of ketones is 1. The Kier molecular flexibility index (Phi) is 4.95. The number of hydrogen-bond acceptors (Lipinski definition) is 7. The lowest BCUT2D eigenvalue weighted by Crippen LogP contribution is -2.32. The SMILES string of the molecule is COc1ccc(C2(C)OC(NS(=O)(=O)c3ccccc3)=C(O)C2=O)c(OC)c1. The summed E-state index contributed by atoms with van der Waals surface area (Å²) in [6, 6.07) is 12.2. The van der Waals surface area contributed by atoms with Crippen LogP contribution in [0.4, 0.5) is 0 Å². The zero-order valence-electron chi connectivity index (χ0n) is 15.4.